The van der Waals surface area contributed by atoms with Crippen LogP contribution in [0.15, 0.2) is 65.7 Å². The number of amides is 1. The molecule has 0 atom stereocenters. The van der Waals surface area contributed by atoms with Crippen molar-refractivity contribution in [2.45, 2.75) is 18.2 Å². The van der Waals surface area contributed by atoms with Gasteiger partial charge in [-0.3, -0.25) is 9.36 Å². The Bertz CT molecular complexity index is 859. The van der Waals surface area contributed by atoms with Gasteiger partial charge in [0.2, 0.25) is 5.91 Å². The third kappa shape index (κ3) is 4.42. The molecule has 3 aromatic rings. The van der Waals surface area contributed by atoms with Crippen LogP contribution in [0.3, 0.4) is 0 Å². The van der Waals surface area contributed by atoms with Crippen molar-refractivity contribution in [3.05, 3.63) is 65.4 Å². The number of allylic oxidation sites excluding steroid dienone is 1. The van der Waals surface area contributed by atoms with Gasteiger partial charge in [-0.2, -0.15) is 0 Å². The smallest absolute Gasteiger partial charge is 0.233 e. The lowest BCUT2D eigenvalue weighted by atomic mass is 10.2. The van der Waals surface area contributed by atoms with Crippen molar-refractivity contribution in [3.8, 4) is 11.4 Å². The number of thioether (sulfide) groups is 1. The fourth-order valence-corrected chi connectivity index (χ4v) is 4.10. The van der Waals surface area contributed by atoms with Crippen LogP contribution in [-0.2, 0) is 17.9 Å². The largest absolute Gasteiger partial charge is 0.340 e. The molecule has 0 aliphatic heterocycles. The van der Waals surface area contributed by atoms with E-state index in [1.807, 2.05) is 65.5 Å². The van der Waals surface area contributed by atoms with Crippen LogP contribution in [-0.4, -0.2) is 38.4 Å². The summed E-state index contributed by atoms with van der Waals surface area (Å²) >= 11 is 3.06. The minimum Gasteiger partial charge on any atom is -0.340 e. The molecule has 0 spiro atoms. The van der Waals surface area contributed by atoms with E-state index in [0.29, 0.717) is 18.8 Å². The molecule has 1 amide bonds. The fraction of sp³-hybridized carbons (Fsp3) is 0.211. The maximum absolute atomic E-state index is 12.4. The summed E-state index contributed by atoms with van der Waals surface area (Å²) < 4.78 is 1.99. The van der Waals surface area contributed by atoms with Crippen LogP contribution >= 0.6 is 23.1 Å². The minimum atomic E-state index is 0.0674. The highest BCUT2D eigenvalue weighted by molar-refractivity contribution is 7.99. The molecule has 3 rings (SSSR count). The van der Waals surface area contributed by atoms with Gasteiger partial charge in [0.1, 0.15) is 0 Å². The molecular weight excluding hydrogens is 364 g/mol. The predicted octanol–water partition coefficient (Wildman–Crippen LogP) is 3.94. The van der Waals surface area contributed by atoms with Crippen molar-refractivity contribution in [1.29, 1.82) is 0 Å². The summed E-state index contributed by atoms with van der Waals surface area (Å²) in [7, 11) is 1.83. The summed E-state index contributed by atoms with van der Waals surface area (Å²) in [5.41, 5.74) is 0.995. The number of hydrogen-bond donors (Lipinski definition) is 0. The van der Waals surface area contributed by atoms with E-state index in [1.165, 1.54) is 16.6 Å². The third-order valence-corrected chi connectivity index (χ3v) is 5.60. The second kappa shape index (κ2) is 8.82. The molecule has 5 nitrogen and oxygen atoms in total. The Hall–Kier alpha value is -2.38. The maximum atomic E-state index is 12.4. The van der Waals surface area contributed by atoms with Crippen LogP contribution < -0.4 is 0 Å². The van der Waals surface area contributed by atoms with Gasteiger partial charge in [0, 0.05) is 24.0 Å². The zero-order valence-corrected chi connectivity index (χ0v) is 16.2. The van der Waals surface area contributed by atoms with Crippen LogP contribution in [0, 0.1) is 0 Å². The SMILES string of the molecule is C=CCn1c(SCC(=O)N(C)Cc2cccs2)nnc1-c1ccccc1. The second-order valence-corrected chi connectivity index (χ2v) is 7.66. The number of carbonyl (C=O) groups is 1. The van der Waals surface area contributed by atoms with E-state index in [0.717, 1.165) is 16.5 Å². The molecule has 2 heterocycles. The van der Waals surface area contributed by atoms with Gasteiger partial charge in [-0.1, -0.05) is 54.2 Å². The molecule has 0 radical (unpaired) electrons. The van der Waals surface area contributed by atoms with Crippen LogP contribution in [0.2, 0.25) is 0 Å². The van der Waals surface area contributed by atoms with Gasteiger partial charge in [-0.05, 0) is 11.4 Å². The first-order valence-corrected chi connectivity index (χ1v) is 10.0. The summed E-state index contributed by atoms with van der Waals surface area (Å²) in [5, 5.41) is 11.3. The van der Waals surface area contributed by atoms with Gasteiger partial charge < -0.3 is 4.90 Å². The van der Waals surface area contributed by atoms with Crippen LogP contribution in [0.5, 0.6) is 0 Å². The molecule has 0 saturated carbocycles. The monoisotopic (exact) mass is 384 g/mol. The van der Waals surface area contributed by atoms with Gasteiger partial charge in [0.25, 0.3) is 0 Å². The highest BCUT2D eigenvalue weighted by atomic mass is 32.2. The maximum Gasteiger partial charge on any atom is 0.233 e. The van der Waals surface area contributed by atoms with Crippen molar-refractivity contribution in [2.24, 2.45) is 0 Å². The minimum absolute atomic E-state index is 0.0674. The zero-order valence-electron chi connectivity index (χ0n) is 14.5. The van der Waals surface area contributed by atoms with Crippen molar-refractivity contribution in [2.75, 3.05) is 12.8 Å². The average Bonchev–Trinajstić information content (AvgIpc) is 3.31. The summed E-state index contributed by atoms with van der Waals surface area (Å²) in [5.74, 6) is 1.18. The van der Waals surface area contributed by atoms with Gasteiger partial charge in [0.15, 0.2) is 11.0 Å². The highest BCUT2D eigenvalue weighted by Gasteiger charge is 2.16. The van der Waals surface area contributed by atoms with Crippen LogP contribution in [0.1, 0.15) is 4.88 Å². The highest BCUT2D eigenvalue weighted by Crippen LogP contribution is 2.24. The molecule has 0 aliphatic rings. The summed E-state index contributed by atoms with van der Waals surface area (Å²) in [6.45, 7) is 5.04. The van der Waals surface area contributed by atoms with Crippen LogP contribution in [0.25, 0.3) is 11.4 Å². The van der Waals surface area contributed by atoms with Gasteiger partial charge >= 0.3 is 0 Å². The lowest BCUT2D eigenvalue weighted by Crippen LogP contribution is -2.27. The first kappa shape index (κ1) is 18.4. The quantitative estimate of drug-likeness (QED) is 0.436. The summed E-state index contributed by atoms with van der Waals surface area (Å²) in [6.07, 6.45) is 1.81. The normalized spacial score (nSPS) is 10.7. The fourth-order valence-electron chi connectivity index (χ4n) is 2.45. The molecular formula is C19H20N4OS2. The molecule has 1 aromatic carbocycles. The Morgan fingerprint density at radius 1 is 1.27 bits per heavy atom. The Kier molecular flexibility index (Phi) is 6.25. The van der Waals surface area contributed by atoms with E-state index in [2.05, 4.69) is 16.8 Å². The van der Waals surface area contributed by atoms with E-state index in [4.69, 9.17) is 0 Å². The lowest BCUT2D eigenvalue weighted by Gasteiger charge is -2.16. The first-order chi connectivity index (χ1) is 12.7. The number of nitrogens with zero attached hydrogens (tertiary/aromatic N) is 4. The molecule has 0 unspecified atom stereocenters. The second-order valence-electron chi connectivity index (χ2n) is 5.69. The number of thiophene rings is 1. The first-order valence-electron chi connectivity index (χ1n) is 8.17. The predicted molar refractivity (Wildman–Crippen MR) is 107 cm³/mol. The molecule has 0 fully saturated rings. The topological polar surface area (TPSA) is 51.0 Å². The van der Waals surface area contributed by atoms with Crippen molar-refractivity contribution in [3.63, 3.8) is 0 Å². The van der Waals surface area contributed by atoms with E-state index >= 15 is 0 Å². The third-order valence-electron chi connectivity index (χ3n) is 3.78. The van der Waals surface area contributed by atoms with E-state index in [1.54, 1.807) is 16.2 Å². The average molecular weight is 385 g/mol. The molecule has 7 heteroatoms. The summed E-state index contributed by atoms with van der Waals surface area (Å²) in [6, 6.07) is 13.9. The Labute approximate surface area is 161 Å². The molecule has 134 valence electrons. The Morgan fingerprint density at radius 2 is 2.08 bits per heavy atom. The number of carbonyl (C=O) groups excluding carboxylic acids is 1. The number of hydrogen-bond acceptors (Lipinski definition) is 5. The zero-order chi connectivity index (χ0) is 18.4. The molecule has 26 heavy (non-hydrogen) atoms. The molecule has 2 aromatic heterocycles. The van der Waals surface area contributed by atoms with E-state index in [9.17, 15) is 4.79 Å². The van der Waals surface area contributed by atoms with Gasteiger partial charge in [0.05, 0.1) is 12.3 Å². The molecule has 0 aliphatic carbocycles. The van der Waals surface area contributed by atoms with E-state index < -0.39 is 0 Å². The lowest BCUT2D eigenvalue weighted by molar-refractivity contribution is -0.127. The van der Waals surface area contributed by atoms with Gasteiger partial charge in [-0.25, -0.2) is 0 Å². The standard InChI is InChI=1S/C19H20N4OS2/c1-3-11-23-18(15-8-5-4-6-9-15)20-21-19(23)26-14-17(24)22(2)13-16-10-7-12-25-16/h3-10,12H,1,11,13-14H2,2H3. The van der Waals surface area contributed by atoms with E-state index in [-0.39, 0.29) is 5.91 Å². The molecule has 0 bridgehead atoms. The van der Waals surface area contributed by atoms with Crippen molar-refractivity contribution in [1.82, 2.24) is 19.7 Å². The molecule has 0 N–H and O–H groups in total. The van der Waals surface area contributed by atoms with Crippen molar-refractivity contribution >= 4 is 29.0 Å². The number of aromatic nitrogens is 3. The summed E-state index contributed by atoms with van der Waals surface area (Å²) in [4.78, 5) is 15.3. The Morgan fingerprint density at radius 3 is 2.77 bits per heavy atom. The number of rotatable bonds is 8. The van der Waals surface area contributed by atoms with Crippen molar-refractivity contribution < 1.29 is 4.79 Å². The Balaban J connectivity index is 1.68. The van der Waals surface area contributed by atoms with Gasteiger partial charge in [-0.15, -0.1) is 28.1 Å². The number of benzene rings is 1. The van der Waals surface area contributed by atoms with Crippen LogP contribution in [0.4, 0.5) is 0 Å². The molecule has 0 saturated heterocycles.